The molecule has 4 aliphatic heterocycles. The van der Waals surface area contributed by atoms with E-state index >= 15 is 0 Å². The lowest BCUT2D eigenvalue weighted by molar-refractivity contribution is -0.254. The first kappa shape index (κ1) is 16.3. The average Bonchev–Trinajstić information content (AvgIpc) is 3.37. The summed E-state index contributed by atoms with van der Waals surface area (Å²) in [6, 6.07) is 0. The van der Waals surface area contributed by atoms with Crippen molar-refractivity contribution in [1.29, 1.82) is 0 Å². The monoisotopic (exact) mass is 324 g/mol. The first-order chi connectivity index (χ1) is 11.1. The van der Waals surface area contributed by atoms with Crippen LogP contribution in [0.5, 0.6) is 0 Å². The number of hydrogen-bond donors (Lipinski definition) is 0. The van der Waals surface area contributed by atoms with Crippen LogP contribution < -0.4 is 0 Å². The summed E-state index contributed by atoms with van der Waals surface area (Å²) in [5, 5.41) is 0. The molecule has 4 atom stereocenters. The van der Waals surface area contributed by atoms with Crippen LogP contribution in [-0.4, -0.2) is 49.8 Å². The zero-order valence-corrected chi connectivity index (χ0v) is 14.8. The molecule has 23 heavy (non-hydrogen) atoms. The van der Waals surface area contributed by atoms with Gasteiger partial charge in [-0.1, -0.05) is 13.8 Å². The molecule has 0 spiro atoms. The maximum atomic E-state index is 6.53. The molecular formula is C19H32O4. The molecule has 0 saturated carbocycles. The van der Waals surface area contributed by atoms with Crippen LogP contribution in [0.2, 0.25) is 0 Å². The number of ether oxygens (including phenoxy) is 4. The zero-order valence-electron chi connectivity index (χ0n) is 14.8. The number of hydrogen-bond acceptors (Lipinski definition) is 4. The van der Waals surface area contributed by atoms with Crippen molar-refractivity contribution in [3.63, 3.8) is 0 Å². The molecule has 4 unspecified atom stereocenters. The molecule has 0 aliphatic carbocycles. The first-order valence-electron chi connectivity index (χ1n) is 9.64. The van der Waals surface area contributed by atoms with Crippen molar-refractivity contribution >= 4 is 0 Å². The van der Waals surface area contributed by atoms with Crippen molar-refractivity contribution in [3.05, 3.63) is 0 Å². The van der Waals surface area contributed by atoms with Crippen molar-refractivity contribution in [2.24, 2.45) is 5.41 Å². The van der Waals surface area contributed by atoms with Crippen LogP contribution in [0.25, 0.3) is 0 Å². The van der Waals surface area contributed by atoms with Crippen molar-refractivity contribution < 1.29 is 18.9 Å². The second kappa shape index (κ2) is 5.98. The molecule has 4 heteroatoms. The molecule has 0 aromatic carbocycles. The summed E-state index contributed by atoms with van der Waals surface area (Å²) in [7, 11) is 0. The van der Waals surface area contributed by atoms with Gasteiger partial charge in [0.15, 0.2) is 0 Å². The third kappa shape index (κ3) is 2.25. The van der Waals surface area contributed by atoms with Gasteiger partial charge in [-0.25, -0.2) is 0 Å². The van der Waals surface area contributed by atoms with E-state index in [0.29, 0.717) is 0 Å². The van der Waals surface area contributed by atoms with E-state index in [-0.39, 0.29) is 28.8 Å². The molecule has 4 fully saturated rings. The van der Waals surface area contributed by atoms with Gasteiger partial charge in [-0.2, -0.15) is 0 Å². The molecule has 4 nitrogen and oxygen atoms in total. The normalized spacial score (nSPS) is 45.1. The van der Waals surface area contributed by atoms with Gasteiger partial charge in [-0.3, -0.25) is 0 Å². The fourth-order valence-corrected chi connectivity index (χ4v) is 5.87. The maximum Gasteiger partial charge on any atom is 0.102 e. The molecule has 0 bridgehead atoms. The highest BCUT2D eigenvalue weighted by Crippen LogP contribution is 2.59. The SMILES string of the molecule is CC(C)(C1(C2CCCO2)CCCO1)C1(C2CCCO2)CCCO1. The average molecular weight is 324 g/mol. The van der Waals surface area contributed by atoms with Gasteiger partial charge >= 0.3 is 0 Å². The predicted molar refractivity (Wildman–Crippen MR) is 87.6 cm³/mol. The Kier molecular flexibility index (Phi) is 4.24. The van der Waals surface area contributed by atoms with Gasteiger partial charge in [0.1, 0.15) is 11.2 Å². The van der Waals surface area contributed by atoms with Crippen LogP contribution in [0.15, 0.2) is 0 Å². The first-order valence-corrected chi connectivity index (χ1v) is 9.64. The Morgan fingerprint density at radius 2 is 1.17 bits per heavy atom. The van der Waals surface area contributed by atoms with Crippen LogP contribution in [0, 0.1) is 5.41 Å². The molecule has 4 saturated heterocycles. The van der Waals surface area contributed by atoms with Crippen LogP contribution >= 0.6 is 0 Å². The minimum atomic E-state index is -0.222. The minimum Gasteiger partial charge on any atom is -0.375 e. The molecule has 4 heterocycles. The summed E-state index contributed by atoms with van der Waals surface area (Å²) < 4.78 is 25.4. The van der Waals surface area contributed by atoms with Crippen LogP contribution in [0.1, 0.15) is 65.2 Å². The lowest BCUT2D eigenvalue weighted by Gasteiger charge is -2.56. The molecule has 132 valence electrons. The van der Waals surface area contributed by atoms with Gasteiger partial charge in [0.05, 0.1) is 12.2 Å². The van der Waals surface area contributed by atoms with Gasteiger partial charge in [0.25, 0.3) is 0 Å². The van der Waals surface area contributed by atoms with Crippen LogP contribution in [0.4, 0.5) is 0 Å². The third-order valence-electron chi connectivity index (χ3n) is 7.12. The molecule has 0 N–H and O–H groups in total. The van der Waals surface area contributed by atoms with E-state index in [1.54, 1.807) is 0 Å². The van der Waals surface area contributed by atoms with E-state index in [4.69, 9.17) is 18.9 Å². The largest absolute Gasteiger partial charge is 0.375 e. The fourth-order valence-electron chi connectivity index (χ4n) is 5.87. The Bertz CT molecular complexity index is 371. The van der Waals surface area contributed by atoms with Gasteiger partial charge in [0.2, 0.25) is 0 Å². The Balaban J connectivity index is 1.73. The van der Waals surface area contributed by atoms with Gasteiger partial charge in [-0.15, -0.1) is 0 Å². The summed E-state index contributed by atoms with van der Waals surface area (Å²) in [6.45, 7) is 8.19. The lowest BCUT2D eigenvalue weighted by Crippen LogP contribution is -2.66. The van der Waals surface area contributed by atoms with Gasteiger partial charge in [0, 0.05) is 31.8 Å². The summed E-state index contributed by atoms with van der Waals surface area (Å²) in [4.78, 5) is 0. The topological polar surface area (TPSA) is 36.9 Å². The highest BCUT2D eigenvalue weighted by molar-refractivity contribution is 5.16. The van der Waals surface area contributed by atoms with Crippen LogP contribution in [-0.2, 0) is 18.9 Å². The Labute approximate surface area is 140 Å². The molecule has 0 aromatic heterocycles. The summed E-state index contributed by atoms with van der Waals surface area (Å²) >= 11 is 0. The van der Waals surface area contributed by atoms with E-state index in [9.17, 15) is 0 Å². The molecule has 0 radical (unpaired) electrons. The molecule has 4 aliphatic rings. The standard InChI is InChI=1S/C19H32O4/c1-17(2,18(9-5-13-22-18)15-7-3-11-20-15)19(10-6-14-23-19)16-8-4-12-21-16/h15-16H,3-14H2,1-2H3. The number of rotatable bonds is 4. The fraction of sp³-hybridized carbons (Fsp3) is 1.00. The zero-order chi connectivity index (χ0) is 16.0. The lowest BCUT2D eigenvalue weighted by atomic mass is 9.57. The van der Waals surface area contributed by atoms with Gasteiger partial charge < -0.3 is 18.9 Å². The minimum absolute atomic E-state index is 0.114. The van der Waals surface area contributed by atoms with Crippen LogP contribution in [0.3, 0.4) is 0 Å². The van der Waals surface area contributed by atoms with Crippen molar-refractivity contribution in [3.8, 4) is 0 Å². The maximum absolute atomic E-state index is 6.53. The van der Waals surface area contributed by atoms with E-state index in [0.717, 1.165) is 77.8 Å². The smallest absolute Gasteiger partial charge is 0.102 e. The second-order valence-electron chi connectivity index (χ2n) is 8.31. The van der Waals surface area contributed by atoms with Crippen molar-refractivity contribution in [2.75, 3.05) is 26.4 Å². The molecule has 0 amide bonds. The highest BCUT2D eigenvalue weighted by atomic mass is 16.6. The molecule has 4 rings (SSSR count). The Morgan fingerprint density at radius 3 is 1.48 bits per heavy atom. The third-order valence-corrected chi connectivity index (χ3v) is 7.12. The quantitative estimate of drug-likeness (QED) is 0.793. The van der Waals surface area contributed by atoms with E-state index < -0.39 is 0 Å². The Morgan fingerprint density at radius 1 is 0.696 bits per heavy atom. The van der Waals surface area contributed by atoms with E-state index in [2.05, 4.69) is 13.8 Å². The molecule has 0 aromatic rings. The van der Waals surface area contributed by atoms with E-state index in [1.807, 2.05) is 0 Å². The summed E-state index contributed by atoms with van der Waals surface area (Å²) in [5.41, 5.74) is -0.559. The summed E-state index contributed by atoms with van der Waals surface area (Å²) in [6.07, 6.45) is 9.39. The Hall–Kier alpha value is -0.160. The summed E-state index contributed by atoms with van der Waals surface area (Å²) in [5.74, 6) is 0. The van der Waals surface area contributed by atoms with Crippen molar-refractivity contribution in [1.82, 2.24) is 0 Å². The highest BCUT2D eigenvalue weighted by Gasteiger charge is 2.67. The molecular weight excluding hydrogens is 292 g/mol. The van der Waals surface area contributed by atoms with Crippen molar-refractivity contribution in [2.45, 2.75) is 88.6 Å². The second-order valence-corrected chi connectivity index (χ2v) is 8.31. The predicted octanol–water partition coefficient (Wildman–Crippen LogP) is 3.47. The van der Waals surface area contributed by atoms with Gasteiger partial charge in [-0.05, 0) is 51.4 Å². The van der Waals surface area contributed by atoms with E-state index in [1.165, 1.54) is 0 Å².